The summed E-state index contributed by atoms with van der Waals surface area (Å²) in [6.07, 6.45) is 4.06. The van der Waals surface area contributed by atoms with Crippen LogP contribution in [-0.4, -0.2) is 39.2 Å². The van der Waals surface area contributed by atoms with Gasteiger partial charge in [-0.15, -0.1) is 0 Å². The molecule has 21 heavy (non-hydrogen) atoms. The molecule has 0 radical (unpaired) electrons. The van der Waals surface area contributed by atoms with Crippen molar-refractivity contribution < 1.29 is 4.79 Å². The Morgan fingerprint density at radius 2 is 2.29 bits per heavy atom. The first-order chi connectivity index (χ1) is 10.3. The number of fused-ring (bicyclic) bond motifs is 1. The van der Waals surface area contributed by atoms with E-state index in [1.54, 1.807) is 13.2 Å². The molecule has 3 heterocycles. The van der Waals surface area contributed by atoms with Gasteiger partial charge in [-0.05, 0) is 18.2 Å². The van der Waals surface area contributed by atoms with Crippen LogP contribution in [0.15, 0.2) is 36.7 Å². The molecule has 2 aromatic rings. The van der Waals surface area contributed by atoms with Crippen LogP contribution in [0.4, 0.5) is 0 Å². The van der Waals surface area contributed by atoms with Crippen molar-refractivity contribution in [3.63, 3.8) is 0 Å². The summed E-state index contributed by atoms with van der Waals surface area (Å²) in [6.45, 7) is 2.43. The van der Waals surface area contributed by atoms with Crippen molar-refractivity contribution >= 4 is 5.91 Å². The molecule has 0 unspecified atom stereocenters. The second-order valence-corrected chi connectivity index (χ2v) is 5.29. The number of nitrogens with one attached hydrogen (secondary N) is 1. The molecule has 0 fully saturated rings. The highest BCUT2D eigenvalue weighted by Gasteiger charge is 2.27. The van der Waals surface area contributed by atoms with Gasteiger partial charge in [0.05, 0.1) is 23.9 Å². The lowest BCUT2D eigenvalue weighted by Gasteiger charge is -2.33. The molecule has 0 bridgehead atoms. The van der Waals surface area contributed by atoms with Crippen LogP contribution in [0.1, 0.15) is 23.9 Å². The monoisotopic (exact) mass is 285 g/mol. The third-order valence-corrected chi connectivity index (χ3v) is 3.76. The molecule has 0 aromatic carbocycles. The van der Waals surface area contributed by atoms with E-state index in [0.29, 0.717) is 6.42 Å². The van der Waals surface area contributed by atoms with Crippen LogP contribution in [0.2, 0.25) is 0 Å². The number of aromatic nitrogens is 3. The number of pyridine rings is 1. The van der Waals surface area contributed by atoms with Gasteiger partial charge in [-0.2, -0.15) is 5.10 Å². The average molecular weight is 285 g/mol. The summed E-state index contributed by atoms with van der Waals surface area (Å²) in [5.74, 6) is 0.0427. The molecule has 6 nitrogen and oxygen atoms in total. The maximum atomic E-state index is 11.7. The van der Waals surface area contributed by atoms with Crippen LogP contribution in [0, 0.1) is 0 Å². The van der Waals surface area contributed by atoms with E-state index in [2.05, 4.69) is 20.3 Å². The zero-order valence-corrected chi connectivity index (χ0v) is 12.1. The lowest BCUT2D eigenvalue weighted by atomic mass is 10.1. The topological polar surface area (TPSA) is 63.1 Å². The minimum atomic E-state index is 0.0427. The molecule has 0 spiro atoms. The van der Waals surface area contributed by atoms with Gasteiger partial charge in [-0.3, -0.25) is 19.4 Å². The molecule has 2 aromatic heterocycles. The molecule has 1 amide bonds. The zero-order chi connectivity index (χ0) is 14.7. The van der Waals surface area contributed by atoms with Crippen molar-refractivity contribution in [3.05, 3.63) is 48.0 Å². The molecule has 3 rings (SSSR count). The van der Waals surface area contributed by atoms with Gasteiger partial charge in [0.25, 0.3) is 0 Å². The summed E-state index contributed by atoms with van der Waals surface area (Å²) in [7, 11) is 1.67. The van der Waals surface area contributed by atoms with Crippen molar-refractivity contribution in [1.29, 1.82) is 0 Å². The third-order valence-electron chi connectivity index (χ3n) is 3.76. The maximum absolute atomic E-state index is 11.7. The fourth-order valence-corrected chi connectivity index (χ4v) is 2.77. The van der Waals surface area contributed by atoms with Gasteiger partial charge in [0, 0.05) is 39.1 Å². The van der Waals surface area contributed by atoms with Gasteiger partial charge in [-0.1, -0.05) is 6.07 Å². The summed E-state index contributed by atoms with van der Waals surface area (Å²) in [5.41, 5.74) is 2.19. The number of nitrogens with zero attached hydrogens (tertiary/aromatic N) is 4. The van der Waals surface area contributed by atoms with Crippen molar-refractivity contribution in [2.24, 2.45) is 0 Å². The molecular weight excluding hydrogens is 266 g/mol. The Kier molecular flexibility index (Phi) is 3.96. The molecule has 1 atom stereocenters. The number of carbonyl (C=O) groups is 1. The Morgan fingerprint density at radius 1 is 1.38 bits per heavy atom. The highest BCUT2D eigenvalue weighted by Crippen LogP contribution is 2.23. The van der Waals surface area contributed by atoms with E-state index in [9.17, 15) is 4.79 Å². The third kappa shape index (κ3) is 3.11. The summed E-state index contributed by atoms with van der Waals surface area (Å²) < 4.78 is 1.98. The van der Waals surface area contributed by atoms with Crippen molar-refractivity contribution in [1.82, 2.24) is 25.0 Å². The molecule has 0 aliphatic carbocycles. The second kappa shape index (κ2) is 6.05. The van der Waals surface area contributed by atoms with E-state index in [0.717, 1.165) is 31.0 Å². The second-order valence-electron chi connectivity index (χ2n) is 5.29. The van der Waals surface area contributed by atoms with E-state index >= 15 is 0 Å². The van der Waals surface area contributed by atoms with E-state index in [1.165, 1.54) is 0 Å². The number of amides is 1. The number of carbonyl (C=O) groups excluding carboxylic acids is 1. The van der Waals surface area contributed by atoms with Gasteiger partial charge in [0.2, 0.25) is 5.91 Å². The molecule has 0 saturated heterocycles. The molecule has 6 heteroatoms. The molecular formula is C15H19N5O. The molecule has 110 valence electrons. The summed E-state index contributed by atoms with van der Waals surface area (Å²) in [6, 6.07) is 8.04. The highest BCUT2D eigenvalue weighted by atomic mass is 16.1. The smallest absolute Gasteiger partial charge is 0.221 e. The summed E-state index contributed by atoms with van der Waals surface area (Å²) >= 11 is 0. The predicted molar refractivity (Wildman–Crippen MR) is 78.3 cm³/mol. The maximum Gasteiger partial charge on any atom is 0.221 e. The average Bonchev–Trinajstić information content (AvgIpc) is 2.97. The Hall–Kier alpha value is -2.21. The van der Waals surface area contributed by atoms with Crippen LogP contribution >= 0.6 is 0 Å². The summed E-state index contributed by atoms with van der Waals surface area (Å²) in [5, 5.41) is 7.05. The highest BCUT2D eigenvalue weighted by molar-refractivity contribution is 5.76. The zero-order valence-electron chi connectivity index (χ0n) is 12.1. The van der Waals surface area contributed by atoms with Crippen molar-refractivity contribution in [2.75, 3.05) is 13.6 Å². The predicted octanol–water partition coefficient (Wildman–Crippen LogP) is 0.971. The van der Waals surface area contributed by atoms with Gasteiger partial charge in [0.1, 0.15) is 0 Å². The largest absolute Gasteiger partial charge is 0.359 e. The minimum absolute atomic E-state index is 0.0427. The Labute approximate surface area is 123 Å². The van der Waals surface area contributed by atoms with Gasteiger partial charge in [-0.25, -0.2) is 0 Å². The van der Waals surface area contributed by atoms with Gasteiger partial charge < -0.3 is 5.32 Å². The lowest BCUT2D eigenvalue weighted by molar-refractivity contribution is -0.121. The van der Waals surface area contributed by atoms with Crippen LogP contribution < -0.4 is 5.32 Å². The first kappa shape index (κ1) is 13.8. The van der Waals surface area contributed by atoms with E-state index < -0.39 is 0 Å². The van der Waals surface area contributed by atoms with Crippen LogP contribution in [0.5, 0.6) is 0 Å². The van der Waals surface area contributed by atoms with Gasteiger partial charge in [0.15, 0.2) is 0 Å². The van der Waals surface area contributed by atoms with E-state index in [1.807, 2.05) is 35.1 Å². The first-order valence-electron chi connectivity index (χ1n) is 7.11. The molecule has 1 N–H and O–H groups in total. The number of hydrogen-bond acceptors (Lipinski definition) is 4. The van der Waals surface area contributed by atoms with Crippen molar-refractivity contribution in [2.45, 2.75) is 25.6 Å². The van der Waals surface area contributed by atoms with Crippen LogP contribution in [0.3, 0.4) is 0 Å². The number of rotatable bonds is 4. The van der Waals surface area contributed by atoms with Crippen LogP contribution in [-0.2, 0) is 17.9 Å². The summed E-state index contributed by atoms with van der Waals surface area (Å²) in [4.78, 5) is 18.4. The Morgan fingerprint density at radius 3 is 3.05 bits per heavy atom. The molecule has 1 aliphatic rings. The number of hydrogen-bond donors (Lipinski definition) is 1. The minimum Gasteiger partial charge on any atom is -0.359 e. The van der Waals surface area contributed by atoms with E-state index in [4.69, 9.17) is 0 Å². The van der Waals surface area contributed by atoms with Crippen molar-refractivity contribution in [3.8, 4) is 0 Å². The SMILES string of the molecule is CNC(=O)C[C@H]1CN(Cc2ccccn2)Cc2ccnn21. The first-order valence-corrected chi connectivity index (χ1v) is 7.11. The Balaban J connectivity index is 1.75. The molecule has 1 aliphatic heterocycles. The quantitative estimate of drug-likeness (QED) is 0.909. The standard InChI is InChI=1S/C15H19N5O/c1-16-15(21)8-14-11-19(9-12-4-2-3-6-17-12)10-13-5-7-18-20(13)14/h2-7,14H,8-11H2,1H3,(H,16,21)/t14-/m0/s1. The Bertz CT molecular complexity index is 610. The normalized spacial score (nSPS) is 18.2. The molecule has 0 saturated carbocycles. The van der Waals surface area contributed by atoms with Crippen LogP contribution in [0.25, 0.3) is 0 Å². The fourth-order valence-electron chi connectivity index (χ4n) is 2.77. The van der Waals surface area contributed by atoms with Gasteiger partial charge >= 0.3 is 0 Å². The lowest BCUT2D eigenvalue weighted by Crippen LogP contribution is -2.39. The fraction of sp³-hybridized carbons (Fsp3) is 0.400. The van der Waals surface area contributed by atoms with E-state index in [-0.39, 0.29) is 11.9 Å².